The summed E-state index contributed by atoms with van der Waals surface area (Å²) in [6, 6.07) is 13.8. The number of hydrogen-bond donors (Lipinski definition) is 2. The topological polar surface area (TPSA) is 97.1 Å². The van der Waals surface area contributed by atoms with Crippen LogP contribution in [0.15, 0.2) is 48.5 Å². The number of hydrogen-bond acceptors (Lipinski definition) is 4. The summed E-state index contributed by atoms with van der Waals surface area (Å²) < 4.78 is 1.54. The number of nitrogens with one attached hydrogen (secondary N) is 1. The molecule has 0 aliphatic heterocycles. The summed E-state index contributed by atoms with van der Waals surface area (Å²) in [5.74, 6) is -1.02. The van der Waals surface area contributed by atoms with E-state index in [1.165, 1.54) is 4.68 Å². The molecule has 2 N–H and O–H groups in total. The molecule has 0 fully saturated rings. The molecule has 8 heteroatoms. The van der Waals surface area contributed by atoms with Crippen LogP contribution in [-0.4, -0.2) is 31.7 Å². The van der Waals surface area contributed by atoms with E-state index in [1.54, 1.807) is 30.3 Å². The van der Waals surface area contributed by atoms with Gasteiger partial charge in [-0.15, -0.1) is 5.10 Å². The van der Waals surface area contributed by atoms with Crippen LogP contribution in [0.3, 0.4) is 0 Å². The first kappa shape index (κ1) is 20.5. The van der Waals surface area contributed by atoms with Crippen molar-refractivity contribution < 1.29 is 14.7 Å². The van der Waals surface area contributed by atoms with E-state index in [1.807, 2.05) is 32.0 Å². The van der Waals surface area contributed by atoms with E-state index < -0.39 is 17.9 Å². The van der Waals surface area contributed by atoms with E-state index in [2.05, 4.69) is 15.4 Å². The molecule has 1 amide bonds. The number of nitrogens with zero attached hydrogens (tertiary/aromatic N) is 3. The fourth-order valence-corrected chi connectivity index (χ4v) is 3.15. The van der Waals surface area contributed by atoms with Gasteiger partial charge in [0.15, 0.2) is 0 Å². The summed E-state index contributed by atoms with van der Waals surface area (Å²) in [6.45, 7) is 3.84. The highest BCUT2D eigenvalue weighted by atomic mass is 35.5. The number of halogens is 1. The zero-order chi connectivity index (χ0) is 21.0. The van der Waals surface area contributed by atoms with Crippen LogP contribution in [0.25, 0.3) is 5.69 Å². The molecule has 7 nitrogen and oxygen atoms in total. The van der Waals surface area contributed by atoms with Crippen molar-refractivity contribution in [2.24, 2.45) is 0 Å². The van der Waals surface area contributed by atoms with Crippen LogP contribution in [0.1, 0.15) is 47.0 Å². The van der Waals surface area contributed by atoms with Crippen LogP contribution in [0.5, 0.6) is 0 Å². The molecule has 0 unspecified atom stereocenters. The van der Waals surface area contributed by atoms with E-state index in [0.29, 0.717) is 28.5 Å². The molecular formula is C21H21ClN4O3. The molecule has 0 spiro atoms. The van der Waals surface area contributed by atoms with E-state index in [9.17, 15) is 14.7 Å². The van der Waals surface area contributed by atoms with Crippen molar-refractivity contribution in [1.29, 1.82) is 0 Å². The molecule has 29 heavy (non-hydrogen) atoms. The Kier molecular flexibility index (Phi) is 6.29. The number of carbonyl (C=O) groups excluding carboxylic acids is 1. The Morgan fingerprint density at radius 3 is 2.48 bits per heavy atom. The number of carboxylic acid groups (broad SMARTS) is 1. The molecule has 0 aliphatic carbocycles. The summed E-state index contributed by atoms with van der Waals surface area (Å²) in [5.41, 5.74) is 2.37. The van der Waals surface area contributed by atoms with Crippen molar-refractivity contribution in [3.8, 4) is 5.69 Å². The number of para-hydroxylation sites is 1. The van der Waals surface area contributed by atoms with Crippen molar-refractivity contribution in [3.05, 3.63) is 76.3 Å². The van der Waals surface area contributed by atoms with Gasteiger partial charge in [-0.25, -0.2) is 9.67 Å². The maximum absolute atomic E-state index is 12.8. The van der Waals surface area contributed by atoms with Gasteiger partial charge in [0.25, 0.3) is 5.91 Å². The number of aryl methyl sites for hydroxylation is 2. The van der Waals surface area contributed by atoms with Gasteiger partial charge in [0.2, 0.25) is 5.82 Å². The number of rotatable bonds is 7. The largest absolute Gasteiger partial charge is 0.481 e. The Balaban J connectivity index is 1.89. The summed E-state index contributed by atoms with van der Waals surface area (Å²) >= 11 is 6.26. The van der Waals surface area contributed by atoms with Gasteiger partial charge in [-0.2, -0.15) is 0 Å². The summed E-state index contributed by atoms with van der Waals surface area (Å²) in [4.78, 5) is 28.4. The molecular weight excluding hydrogens is 392 g/mol. The number of aliphatic carboxylic acids is 1. The van der Waals surface area contributed by atoms with Crippen molar-refractivity contribution in [1.82, 2.24) is 20.1 Å². The van der Waals surface area contributed by atoms with E-state index in [4.69, 9.17) is 11.6 Å². The highest BCUT2D eigenvalue weighted by molar-refractivity contribution is 6.32. The van der Waals surface area contributed by atoms with Gasteiger partial charge in [0, 0.05) is 6.42 Å². The van der Waals surface area contributed by atoms with Crippen LogP contribution in [0, 0.1) is 6.92 Å². The predicted molar refractivity (Wildman–Crippen MR) is 109 cm³/mol. The van der Waals surface area contributed by atoms with Crippen LogP contribution in [0.2, 0.25) is 5.02 Å². The Labute approximate surface area is 173 Å². The van der Waals surface area contributed by atoms with E-state index in [-0.39, 0.29) is 12.2 Å². The zero-order valence-electron chi connectivity index (χ0n) is 16.1. The smallest absolute Gasteiger partial charge is 0.305 e. The average molecular weight is 413 g/mol. The normalized spacial score (nSPS) is 11.8. The third-order valence-electron chi connectivity index (χ3n) is 4.44. The molecule has 0 aliphatic rings. The number of amides is 1. The molecule has 3 aromatic rings. The highest BCUT2D eigenvalue weighted by Crippen LogP contribution is 2.22. The lowest BCUT2D eigenvalue weighted by Gasteiger charge is -2.16. The van der Waals surface area contributed by atoms with Gasteiger partial charge in [-0.1, -0.05) is 60.5 Å². The second-order valence-electron chi connectivity index (χ2n) is 6.60. The van der Waals surface area contributed by atoms with Crippen molar-refractivity contribution in [3.63, 3.8) is 0 Å². The van der Waals surface area contributed by atoms with Crippen LogP contribution >= 0.6 is 11.6 Å². The number of benzene rings is 2. The quantitative estimate of drug-likeness (QED) is 0.616. The second-order valence-corrected chi connectivity index (χ2v) is 7.01. The van der Waals surface area contributed by atoms with Crippen LogP contribution < -0.4 is 5.32 Å². The molecule has 2 aromatic carbocycles. The fourth-order valence-electron chi connectivity index (χ4n) is 2.93. The molecule has 3 rings (SSSR count). The molecule has 150 valence electrons. The van der Waals surface area contributed by atoms with E-state index >= 15 is 0 Å². The average Bonchev–Trinajstić information content (AvgIpc) is 3.12. The van der Waals surface area contributed by atoms with Crippen molar-refractivity contribution >= 4 is 23.5 Å². The van der Waals surface area contributed by atoms with Gasteiger partial charge in [-0.3, -0.25) is 9.59 Å². The Bertz CT molecular complexity index is 1030. The Morgan fingerprint density at radius 1 is 1.17 bits per heavy atom. The van der Waals surface area contributed by atoms with Crippen molar-refractivity contribution in [2.75, 3.05) is 0 Å². The molecule has 0 saturated carbocycles. The minimum atomic E-state index is -1.01. The third-order valence-corrected chi connectivity index (χ3v) is 4.76. The molecule has 1 aromatic heterocycles. The number of carboxylic acids is 1. The summed E-state index contributed by atoms with van der Waals surface area (Å²) in [5, 5.41) is 16.8. The van der Waals surface area contributed by atoms with Gasteiger partial charge >= 0.3 is 5.97 Å². The lowest BCUT2D eigenvalue weighted by Crippen LogP contribution is -2.31. The first-order valence-corrected chi connectivity index (χ1v) is 9.57. The maximum atomic E-state index is 12.8. The molecule has 0 radical (unpaired) electrons. The summed E-state index contributed by atoms with van der Waals surface area (Å²) in [6.07, 6.45) is 0.294. The van der Waals surface area contributed by atoms with Crippen LogP contribution in [0.4, 0.5) is 0 Å². The SMILES string of the molecule is CCc1nc(C(=O)N[C@@H](CC(=O)O)c2ccc(C)cc2)nn1-c1ccccc1Cl. The standard InChI is InChI=1S/C21H21ClN4O3/c1-3-18-24-20(25-26(18)17-7-5-4-6-15(17)22)21(29)23-16(12-19(27)28)14-10-8-13(2)9-11-14/h4-11,16H,3,12H2,1-2H3,(H,23,29)(H,27,28)/t16-/m0/s1. The fraction of sp³-hybridized carbons (Fsp3) is 0.238. The number of carbonyl (C=O) groups is 2. The van der Waals surface area contributed by atoms with Crippen molar-refractivity contribution in [2.45, 2.75) is 32.7 Å². The maximum Gasteiger partial charge on any atom is 0.305 e. The number of aromatic nitrogens is 3. The monoisotopic (exact) mass is 412 g/mol. The predicted octanol–water partition coefficient (Wildman–Crippen LogP) is 3.74. The van der Waals surface area contributed by atoms with Gasteiger partial charge in [0.1, 0.15) is 5.82 Å². The first-order chi connectivity index (χ1) is 13.9. The zero-order valence-corrected chi connectivity index (χ0v) is 16.8. The van der Waals surface area contributed by atoms with E-state index in [0.717, 1.165) is 5.56 Å². The lowest BCUT2D eigenvalue weighted by molar-refractivity contribution is -0.137. The Morgan fingerprint density at radius 2 is 1.86 bits per heavy atom. The summed E-state index contributed by atoms with van der Waals surface area (Å²) in [7, 11) is 0. The van der Waals surface area contributed by atoms with Crippen LogP contribution in [-0.2, 0) is 11.2 Å². The van der Waals surface area contributed by atoms with Gasteiger partial charge < -0.3 is 10.4 Å². The molecule has 1 atom stereocenters. The minimum absolute atomic E-state index is 0.0377. The van der Waals surface area contributed by atoms with Gasteiger partial charge in [0.05, 0.1) is 23.2 Å². The lowest BCUT2D eigenvalue weighted by atomic mass is 10.0. The molecule has 1 heterocycles. The second kappa shape index (κ2) is 8.87. The third kappa shape index (κ3) is 4.81. The molecule has 0 saturated heterocycles. The minimum Gasteiger partial charge on any atom is -0.481 e. The Hall–Kier alpha value is -3.19. The first-order valence-electron chi connectivity index (χ1n) is 9.19. The highest BCUT2D eigenvalue weighted by Gasteiger charge is 2.23. The molecule has 0 bridgehead atoms. The van der Waals surface area contributed by atoms with Gasteiger partial charge in [-0.05, 0) is 24.6 Å².